The Morgan fingerprint density at radius 2 is 1.07 bits per heavy atom. The maximum atomic E-state index is 6.27. The first-order valence-electron chi connectivity index (χ1n) is 9.07. The van der Waals surface area contributed by atoms with E-state index in [0.717, 1.165) is 28.2 Å². The molecule has 0 aromatic heterocycles. The molecule has 0 unspecified atom stereocenters. The molecule has 4 rings (SSSR count). The fourth-order valence-electron chi connectivity index (χ4n) is 3.11. The molecule has 0 bridgehead atoms. The monoisotopic (exact) mass is 387 g/mol. The first kappa shape index (κ1) is 19.7. The molecule has 2 aliphatic rings. The zero-order valence-corrected chi connectivity index (χ0v) is 16.7. The molecule has 0 fully saturated rings. The van der Waals surface area contributed by atoms with Crippen LogP contribution in [0.4, 0.5) is 0 Å². The normalized spacial score (nSPS) is 15.4. The van der Waals surface area contributed by atoms with Crippen LogP contribution in [0.3, 0.4) is 0 Å². The van der Waals surface area contributed by atoms with Gasteiger partial charge in [-0.2, -0.15) is 0 Å². The summed E-state index contributed by atoms with van der Waals surface area (Å²) in [4.78, 5) is 0. The second-order valence-electron chi connectivity index (χ2n) is 6.75. The quantitative estimate of drug-likeness (QED) is 0.720. The van der Waals surface area contributed by atoms with Crippen LogP contribution in [0.1, 0.15) is 11.1 Å². The molecule has 140 valence electrons. The van der Waals surface area contributed by atoms with E-state index in [1.807, 2.05) is 36.4 Å². The molecule has 1 heterocycles. The van der Waals surface area contributed by atoms with Crippen molar-refractivity contribution in [3.63, 3.8) is 0 Å². The minimum atomic E-state index is 0. The average Bonchev–Trinajstić information content (AvgIpc) is 2.75. The Bertz CT molecular complexity index is 959. The molecule has 1 aliphatic carbocycles. The Morgan fingerprint density at radius 3 is 1.50 bits per heavy atom. The van der Waals surface area contributed by atoms with Crippen LogP contribution in [0, 0.1) is 0 Å². The number of nitrogens with zero attached hydrogens (tertiary/aromatic N) is 1. The van der Waals surface area contributed by atoms with Crippen molar-refractivity contribution in [2.24, 2.45) is 0 Å². The molecule has 0 N–H and O–H groups in total. The van der Waals surface area contributed by atoms with Crippen molar-refractivity contribution < 1.29 is 21.7 Å². The number of benzene rings is 2. The third-order valence-corrected chi connectivity index (χ3v) is 4.63. The van der Waals surface area contributed by atoms with E-state index in [1.54, 1.807) is 0 Å². The Morgan fingerprint density at radius 1 is 0.607 bits per heavy atom. The highest BCUT2D eigenvalue weighted by atomic mass is 35.5. The van der Waals surface area contributed by atoms with Gasteiger partial charge in [0.1, 0.15) is 25.6 Å². The van der Waals surface area contributed by atoms with Gasteiger partial charge in [0.05, 0.1) is 0 Å². The van der Waals surface area contributed by atoms with Crippen LogP contribution in [0.2, 0.25) is 0 Å². The van der Waals surface area contributed by atoms with Gasteiger partial charge in [-0.15, -0.1) is 0 Å². The molecule has 0 saturated carbocycles. The Kier molecular flexibility index (Phi) is 6.13. The Hall–Kier alpha value is -3.10. The van der Waals surface area contributed by atoms with Gasteiger partial charge in [-0.1, -0.05) is 60.7 Å². The van der Waals surface area contributed by atoms with E-state index in [1.165, 1.54) is 11.3 Å². The predicted molar refractivity (Wildman–Crippen MR) is 112 cm³/mol. The van der Waals surface area contributed by atoms with Crippen LogP contribution in [-0.2, 0) is 4.74 Å². The predicted octanol–water partition coefficient (Wildman–Crippen LogP) is 2.24. The maximum absolute atomic E-state index is 6.27. The second-order valence-corrected chi connectivity index (χ2v) is 6.75. The second kappa shape index (κ2) is 8.73. The minimum Gasteiger partial charge on any atom is -1.00 e. The molecule has 2 aromatic carbocycles. The molecule has 0 spiro atoms. The Balaban J connectivity index is 0.00000225. The standard InChI is InChI=1S/C25H22NO.ClH/c1-26(2)23-15-13-19(14-16-23)22-17-24(20-9-5-3-6-10-20)27-25(18-22)21-11-7-4-8-12-21;/h3-18H,1-2H3;1H/q+1;/p-1. The van der Waals surface area contributed by atoms with E-state index in [9.17, 15) is 0 Å². The summed E-state index contributed by atoms with van der Waals surface area (Å²) in [5.41, 5.74) is 5.64. The lowest BCUT2D eigenvalue weighted by Gasteiger charge is -2.20. The maximum Gasteiger partial charge on any atom is 0.199 e. The van der Waals surface area contributed by atoms with Crippen molar-refractivity contribution in [2.75, 3.05) is 14.1 Å². The molecule has 3 heteroatoms. The largest absolute Gasteiger partial charge is 1.00 e. The molecule has 0 saturated heterocycles. The summed E-state index contributed by atoms with van der Waals surface area (Å²) in [6.07, 6.45) is 12.8. The van der Waals surface area contributed by atoms with Gasteiger partial charge in [-0.3, -0.25) is 0 Å². The van der Waals surface area contributed by atoms with Crippen LogP contribution in [-0.4, -0.2) is 24.4 Å². The molecule has 0 amide bonds. The highest BCUT2D eigenvalue weighted by Gasteiger charge is 2.17. The van der Waals surface area contributed by atoms with Crippen molar-refractivity contribution in [2.45, 2.75) is 0 Å². The third-order valence-electron chi connectivity index (χ3n) is 4.63. The van der Waals surface area contributed by atoms with Gasteiger partial charge < -0.3 is 17.1 Å². The summed E-state index contributed by atoms with van der Waals surface area (Å²) in [5, 5.41) is 0. The third kappa shape index (κ3) is 4.24. The fraction of sp³-hybridized carbons (Fsp3) is 0.0800. The summed E-state index contributed by atoms with van der Waals surface area (Å²) in [5.74, 6) is 1.73. The van der Waals surface area contributed by atoms with Crippen LogP contribution < -0.4 is 12.4 Å². The van der Waals surface area contributed by atoms with E-state index in [2.05, 4.69) is 79.4 Å². The highest BCUT2D eigenvalue weighted by Crippen LogP contribution is 2.33. The van der Waals surface area contributed by atoms with Crippen LogP contribution >= 0.6 is 0 Å². The number of ether oxygens (including phenoxy) is 1. The van der Waals surface area contributed by atoms with Crippen molar-refractivity contribution in [3.05, 3.63) is 119 Å². The van der Waals surface area contributed by atoms with Gasteiger partial charge in [-0.05, 0) is 35.5 Å². The molecular formula is C25H22ClNO. The highest BCUT2D eigenvalue weighted by molar-refractivity contribution is 6.02. The van der Waals surface area contributed by atoms with E-state index < -0.39 is 0 Å². The molecule has 2 aromatic rings. The van der Waals surface area contributed by atoms with Gasteiger partial charge >= 0.3 is 0 Å². The number of hydrogen-bond donors (Lipinski definition) is 0. The molecule has 28 heavy (non-hydrogen) atoms. The van der Waals surface area contributed by atoms with Crippen molar-refractivity contribution in [1.82, 2.24) is 0 Å². The molecule has 2 nitrogen and oxygen atoms in total. The zero-order chi connectivity index (χ0) is 18.6. The lowest BCUT2D eigenvalue weighted by atomic mass is 9.97. The van der Waals surface area contributed by atoms with Gasteiger partial charge in [0, 0.05) is 23.3 Å². The number of rotatable bonds is 2. The van der Waals surface area contributed by atoms with E-state index in [0.29, 0.717) is 0 Å². The summed E-state index contributed by atoms with van der Waals surface area (Å²) in [6.45, 7) is 0. The molecule has 0 radical (unpaired) electrons. The van der Waals surface area contributed by atoms with Crippen molar-refractivity contribution in [1.29, 1.82) is 0 Å². The van der Waals surface area contributed by atoms with Gasteiger partial charge in [0.25, 0.3) is 0 Å². The SMILES string of the molecule is C[N+](C)=C1C=CC(=C2C=C(c3ccccc3)OC(c3ccccc3)=C2)C=C1.[Cl-]. The fourth-order valence-corrected chi connectivity index (χ4v) is 3.11. The summed E-state index contributed by atoms with van der Waals surface area (Å²) in [7, 11) is 4.11. The van der Waals surface area contributed by atoms with Gasteiger partial charge in [0.15, 0.2) is 5.71 Å². The molecule has 0 atom stereocenters. The average molecular weight is 388 g/mol. The summed E-state index contributed by atoms with van der Waals surface area (Å²) >= 11 is 0. The first-order valence-corrected chi connectivity index (χ1v) is 9.07. The van der Waals surface area contributed by atoms with Crippen LogP contribution in [0.5, 0.6) is 0 Å². The van der Waals surface area contributed by atoms with E-state index >= 15 is 0 Å². The topological polar surface area (TPSA) is 12.2 Å². The number of allylic oxidation sites excluding steroid dienone is 8. The Labute approximate surface area is 172 Å². The minimum absolute atomic E-state index is 0. The molecular weight excluding hydrogens is 366 g/mol. The van der Waals surface area contributed by atoms with Gasteiger partial charge in [0.2, 0.25) is 0 Å². The van der Waals surface area contributed by atoms with E-state index in [4.69, 9.17) is 4.74 Å². The van der Waals surface area contributed by atoms with E-state index in [-0.39, 0.29) is 12.4 Å². The number of hydrogen-bond acceptors (Lipinski definition) is 1. The molecule has 1 aliphatic heterocycles. The van der Waals surface area contributed by atoms with Crippen molar-refractivity contribution in [3.8, 4) is 0 Å². The smallest absolute Gasteiger partial charge is 0.199 e. The van der Waals surface area contributed by atoms with Gasteiger partial charge in [-0.25, -0.2) is 4.58 Å². The summed E-state index contributed by atoms with van der Waals surface area (Å²) < 4.78 is 8.37. The van der Waals surface area contributed by atoms with Crippen LogP contribution in [0.15, 0.2) is 108 Å². The van der Waals surface area contributed by atoms with Crippen molar-refractivity contribution >= 4 is 17.2 Å². The first-order chi connectivity index (χ1) is 13.2. The summed E-state index contributed by atoms with van der Waals surface area (Å²) in [6, 6.07) is 20.5. The zero-order valence-electron chi connectivity index (χ0n) is 16.0. The lowest BCUT2D eigenvalue weighted by Crippen LogP contribution is -3.00. The van der Waals surface area contributed by atoms with Crippen LogP contribution in [0.25, 0.3) is 11.5 Å². The lowest BCUT2D eigenvalue weighted by molar-refractivity contribution is -0.462. The number of halogens is 1.